The van der Waals surface area contributed by atoms with E-state index in [1.54, 1.807) is 41.2 Å². The first kappa shape index (κ1) is 15.4. The summed E-state index contributed by atoms with van der Waals surface area (Å²) in [5.41, 5.74) is 1.74. The van der Waals surface area contributed by atoms with Crippen LogP contribution in [0.1, 0.15) is 15.9 Å². The minimum Gasteiger partial charge on any atom is -0.488 e. The summed E-state index contributed by atoms with van der Waals surface area (Å²) in [6.07, 6.45) is 5.89. The number of benzene rings is 1. The summed E-state index contributed by atoms with van der Waals surface area (Å²) < 4.78 is 7.56. The van der Waals surface area contributed by atoms with Crippen molar-refractivity contribution in [2.24, 2.45) is 0 Å². The molecule has 1 aliphatic heterocycles. The van der Waals surface area contributed by atoms with Crippen LogP contribution in [-0.4, -0.2) is 45.3 Å². The average Bonchev–Trinajstić information content (AvgIpc) is 3.30. The van der Waals surface area contributed by atoms with Gasteiger partial charge in [-0.1, -0.05) is 18.2 Å². The number of likely N-dealkylation sites (N-methyl/N-ethyl adjacent to an activating group) is 1. The molecule has 1 amide bonds. The van der Waals surface area contributed by atoms with Gasteiger partial charge < -0.3 is 9.64 Å². The van der Waals surface area contributed by atoms with E-state index in [1.165, 1.54) is 5.56 Å². The van der Waals surface area contributed by atoms with E-state index < -0.39 is 0 Å². The molecule has 126 valence electrons. The highest BCUT2D eigenvalue weighted by Gasteiger charge is 2.25. The lowest BCUT2D eigenvalue weighted by Gasteiger charge is -2.21. The first-order valence-corrected chi connectivity index (χ1v) is 8.17. The lowest BCUT2D eigenvalue weighted by Crippen LogP contribution is -2.36. The van der Waals surface area contributed by atoms with Gasteiger partial charge in [-0.3, -0.25) is 4.79 Å². The first-order valence-electron chi connectivity index (χ1n) is 8.17. The highest BCUT2D eigenvalue weighted by Crippen LogP contribution is 2.28. The summed E-state index contributed by atoms with van der Waals surface area (Å²) in [4.78, 5) is 18.6. The molecule has 6 nitrogen and oxygen atoms in total. The van der Waals surface area contributed by atoms with Gasteiger partial charge in [0.2, 0.25) is 0 Å². The highest BCUT2D eigenvalue weighted by molar-refractivity contribution is 5.93. The van der Waals surface area contributed by atoms with Crippen LogP contribution < -0.4 is 4.74 Å². The maximum atomic E-state index is 12.6. The Hall–Kier alpha value is -3.15. The van der Waals surface area contributed by atoms with Gasteiger partial charge in [0.15, 0.2) is 5.82 Å². The van der Waals surface area contributed by atoms with Crippen LogP contribution in [0.15, 0.2) is 61.1 Å². The van der Waals surface area contributed by atoms with Crippen molar-refractivity contribution in [3.05, 3.63) is 72.2 Å². The summed E-state index contributed by atoms with van der Waals surface area (Å²) in [6, 6.07) is 13.4. The molecule has 25 heavy (non-hydrogen) atoms. The van der Waals surface area contributed by atoms with Crippen LogP contribution in [-0.2, 0) is 6.42 Å². The predicted octanol–water partition coefficient (Wildman–Crippen LogP) is 2.34. The number of hydrogen-bond acceptors (Lipinski definition) is 4. The molecule has 0 saturated heterocycles. The number of aromatic nitrogens is 3. The zero-order chi connectivity index (χ0) is 17.2. The third kappa shape index (κ3) is 3.10. The van der Waals surface area contributed by atoms with Crippen LogP contribution in [0.25, 0.3) is 5.82 Å². The Balaban J connectivity index is 1.41. The zero-order valence-electron chi connectivity index (χ0n) is 13.9. The highest BCUT2D eigenvalue weighted by atomic mass is 16.5. The zero-order valence-corrected chi connectivity index (χ0v) is 13.9. The molecule has 0 aliphatic carbocycles. The Bertz CT molecular complexity index is 850. The van der Waals surface area contributed by atoms with Gasteiger partial charge in [0, 0.05) is 32.1 Å². The van der Waals surface area contributed by atoms with Crippen molar-refractivity contribution in [1.29, 1.82) is 0 Å². The van der Waals surface area contributed by atoms with Crippen molar-refractivity contribution >= 4 is 5.91 Å². The number of amides is 1. The second-order valence-electron chi connectivity index (χ2n) is 6.09. The molecule has 0 saturated carbocycles. The normalized spacial score (nSPS) is 15.5. The van der Waals surface area contributed by atoms with Gasteiger partial charge in [-0.15, -0.1) is 0 Å². The number of pyridine rings is 1. The molecule has 0 radical (unpaired) electrons. The third-order valence-corrected chi connectivity index (χ3v) is 4.27. The molecule has 3 heterocycles. The molecular formula is C19H18N4O2. The van der Waals surface area contributed by atoms with Gasteiger partial charge >= 0.3 is 0 Å². The molecule has 6 heteroatoms. The van der Waals surface area contributed by atoms with Crippen LogP contribution in [0, 0.1) is 0 Å². The van der Waals surface area contributed by atoms with E-state index in [2.05, 4.69) is 16.1 Å². The summed E-state index contributed by atoms with van der Waals surface area (Å²) in [7, 11) is 1.79. The van der Waals surface area contributed by atoms with E-state index in [0.29, 0.717) is 17.9 Å². The second kappa shape index (κ2) is 6.39. The summed E-state index contributed by atoms with van der Waals surface area (Å²) in [5.74, 6) is 1.52. The Kier molecular flexibility index (Phi) is 3.93. The maximum absolute atomic E-state index is 12.6. The van der Waals surface area contributed by atoms with E-state index in [0.717, 1.165) is 12.2 Å². The lowest BCUT2D eigenvalue weighted by atomic mass is 10.1. The number of fused-ring (bicyclic) bond motifs is 1. The average molecular weight is 334 g/mol. The number of rotatable bonds is 4. The Morgan fingerprint density at radius 2 is 2.16 bits per heavy atom. The molecular weight excluding hydrogens is 316 g/mol. The maximum Gasteiger partial charge on any atom is 0.255 e. The molecule has 1 atom stereocenters. The summed E-state index contributed by atoms with van der Waals surface area (Å²) >= 11 is 0. The van der Waals surface area contributed by atoms with E-state index in [4.69, 9.17) is 4.74 Å². The number of para-hydroxylation sites is 1. The van der Waals surface area contributed by atoms with Gasteiger partial charge in [-0.05, 0) is 29.8 Å². The van der Waals surface area contributed by atoms with Crippen molar-refractivity contribution in [3.8, 4) is 11.6 Å². The van der Waals surface area contributed by atoms with Crippen molar-refractivity contribution in [3.63, 3.8) is 0 Å². The van der Waals surface area contributed by atoms with Gasteiger partial charge in [0.1, 0.15) is 11.9 Å². The Labute approximate surface area is 145 Å². The van der Waals surface area contributed by atoms with E-state index >= 15 is 0 Å². The smallest absolute Gasteiger partial charge is 0.255 e. The molecule has 0 bridgehead atoms. The van der Waals surface area contributed by atoms with Gasteiger partial charge in [-0.25, -0.2) is 9.67 Å². The molecule has 0 N–H and O–H groups in total. The van der Waals surface area contributed by atoms with Crippen LogP contribution in [0.3, 0.4) is 0 Å². The molecule has 3 aromatic rings. The van der Waals surface area contributed by atoms with Crippen molar-refractivity contribution in [1.82, 2.24) is 19.7 Å². The fourth-order valence-electron chi connectivity index (χ4n) is 3.02. The third-order valence-electron chi connectivity index (χ3n) is 4.27. The molecule has 2 aromatic heterocycles. The van der Waals surface area contributed by atoms with E-state index in [1.807, 2.05) is 30.5 Å². The number of carbonyl (C=O) groups is 1. The molecule has 4 rings (SSSR count). The fourth-order valence-corrected chi connectivity index (χ4v) is 3.02. The van der Waals surface area contributed by atoms with Crippen molar-refractivity contribution in [2.45, 2.75) is 12.5 Å². The SMILES string of the molecule is CN(C[C@H]1Cc2ccccc2O1)C(=O)c1ccc(-n2cccn2)nc1. The van der Waals surface area contributed by atoms with Crippen LogP contribution in [0.2, 0.25) is 0 Å². The van der Waals surface area contributed by atoms with Crippen LogP contribution in [0.5, 0.6) is 5.75 Å². The number of carbonyl (C=O) groups excluding carboxylic acids is 1. The lowest BCUT2D eigenvalue weighted by molar-refractivity contribution is 0.0730. The van der Waals surface area contributed by atoms with Crippen molar-refractivity contribution in [2.75, 3.05) is 13.6 Å². The topological polar surface area (TPSA) is 60.2 Å². The molecule has 0 unspecified atom stereocenters. The van der Waals surface area contributed by atoms with Crippen LogP contribution >= 0.6 is 0 Å². The fraction of sp³-hybridized carbons (Fsp3) is 0.211. The van der Waals surface area contributed by atoms with E-state index in [-0.39, 0.29) is 12.0 Å². The van der Waals surface area contributed by atoms with Crippen LogP contribution in [0.4, 0.5) is 0 Å². The van der Waals surface area contributed by atoms with Gasteiger partial charge in [0.25, 0.3) is 5.91 Å². The van der Waals surface area contributed by atoms with Gasteiger partial charge in [0.05, 0.1) is 12.1 Å². The quantitative estimate of drug-likeness (QED) is 0.735. The Morgan fingerprint density at radius 1 is 1.28 bits per heavy atom. The predicted molar refractivity (Wildman–Crippen MR) is 92.9 cm³/mol. The molecule has 0 spiro atoms. The van der Waals surface area contributed by atoms with Gasteiger partial charge in [-0.2, -0.15) is 5.10 Å². The molecule has 1 aliphatic rings. The standard InChI is InChI=1S/C19H18N4O2/c1-22(13-16-11-14-5-2-3-6-17(14)25-16)19(24)15-7-8-18(20-12-15)23-10-4-9-21-23/h2-10,12,16H,11,13H2,1H3/t16-/m1/s1. The number of ether oxygens (including phenoxy) is 1. The monoisotopic (exact) mass is 334 g/mol. The molecule has 1 aromatic carbocycles. The summed E-state index contributed by atoms with van der Waals surface area (Å²) in [5, 5.41) is 4.13. The van der Waals surface area contributed by atoms with Crippen molar-refractivity contribution < 1.29 is 9.53 Å². The molecule has 0 fully saturated rings. The number of nitrogens with zero attached hydrogens (tertiary/aromatic N) is 4. The minimum absolute atomic E-state index is 0.0114. The summed E-state index contributed by atoms with van der Waals surface area (Å²) in [6.45, 7) is 0.536. The number of hydrogen-bond donors (Lipinski definition) is 0. The minimum atomic E-state index is -0.0703. The largest absolute Gasteiger partial charge is 0.488 e. The first-order chi connectivity index (χ1) is 12.2. The Morgan fingerprint density at radius 3 is 2.88 bits per heavy atom. The van der Waals surface area contributed by atoms with E-state index in [9.17, 15) is 4.79 Å². The second-order valence-corrected chi connectivity index (χ2v) is 6.09.